The van der Waals surface area contributed by atoms with Crippen molar-refractivity contribution in [2.24, 2.45) is 0 Å². The standard InChI is InChI=1S/C15H21ClFNO2S/c1-11-8-13(17)9-12(2)15(11)21(19,20)18-7-5-3-4-6-14(18)10-16/h8-9,14H,3-7,10H2,1-2H3. The van der Waals surface area contributed by atoms with Gasteiger partial charge in [0.05, 0.1) is 4.90 Å². The molecule has 21 heavy (non-hydrogen) atoms. The third kappa shape index (κ3) is 3.41. The quantitative estimate of drug-likeness (QED) is 0.792. The van der Waals surface area contributed by atoms with Crippen LogP contribution in [0.4, 0.5) is 4.39 Å². The number of hydrogen-bond acceptors (Lipinski definition) is 2. The van der Waals surface area contributed by atoms with Crippen molar-refractivity contribution in [1.82, 2.24) is 4.31 Å². The predicted molar refractivity (Wildman–Crippen MR) is 82.7 cm³/mol. The third-order valence-corrected chi connectivity index (χ3v) is 6.61. The first-order chi connectivity index (χ1) is 9.87. The van der Waals surface area contributed by atoms with Crippen LogP contribution in [0.5, 0.6) is 0 Å². The number of nitrogens with zero attached hydrogens (tertiary/aromatic N) is 1. The molecule has 1 aliphatic rings. The van der Waals surface area contributed by atoms with Crippen LogP contribution in [-0.4, -0.2) is 31.2 Å². The van der Waals surface area contributed by atoms with E-state index in [4.69, 9.17) is 11.6 Å². The summed E-state index contributed by atoms with van der Waals surface area (Å²) in [6, 6.07) is 2.36. The fourth-order valence-corrected chi connectivity index (χ4v) is 5.55. The molecule has 0 radical (unpaired) electrons. The van der Waals surface area contributed by atoms with Crippen LogP contribution in [0.15, 0.2) is 17.0 Å². The van der Waals surface area contributed by atoms with Gasteiger partial charge in [-0.3, -0.25) is 0 Å². The first-order valence-electron chi connectivity index (χ1n) is 7.22. The average Bonchev–Trinajstić information content (AvgIpc) is 2.62. The molecule has 1 unspecified atom stereocenters. The lowest BCUT2D eigenvalue weighted by Crippen LogP contribution is -2.41. The molecule has 1 heterocycles. The van der Waals surface area contributed by atoms with E-state index in [1.54, 1.807) is 13.8 Å². The summed E-state index contributed by atoms with van der Waals surface area (Å²) < 4.78 is 40.9. The summed E-state index contributed by atoms with van der Waals surface area (Å²) in [5.74, 6) is -0.118. The van der Waals surface area contributed by atoms with Crippen LogP contribution in [0.2, 0.25) is 0 Å². The summed E-state index contributed by atoms with van der Waals surface area (Å²) in [5, 5.41) is 0. The smallest absolute Gasteiger partial charge is 0.207 e. The Kier molecular flexibility index (Phi) is 5.28. The number of halogens is 2. The van der Waals surface area contributed by atoms with Crippen molar-refractivity contribution in [2.75, 3.05) is 12.4 Å². The molecule has 1 saturated heterocycles. The molecule has 1 aromatic rings. The largest absolute Gasteiger partial charge is 0.243 e. The van der Waals surface area contributed by atoms with Gasteiger partial charge in [-0.15, -0.1) is 11.6 Å². The maximum atomic E-state index is 13.4. The summed E-state index contributed by atoms with van der Waals surface area (Å²) in [6.07, 6.45) is 3.62. The highest BCUT2D eigenvalue weighted by atomic mass is 35.5. The van der Waals surface area contributed by atoms with Crippen molar-refractivity contribution < 1.29 is 12.8 Å². The minimum absolute atomic E-state index is 0.178. The van der Waals surface area contributed by atoms with E-state index in [0.717, 1.165) is 25.7 Å². The molecule has 1 aliphatic heterocycles. The molecule has 0 bridgehead atoms. The van der Waals surface area contributed by atoms with E-state index in [1.807, 2.05) is 0 Å². The van der Waals surface area contributed by atoms with Crippen molar-refractivity contribution in [3.05, 3.63) is 29.1 Å². The highest BCUT2D eigenvalue weighted by Gasteiger charge is 2.34. The lowest BCUT2D eigenvalue weighted by atomic mass is 10.1. The van der Waals surface area contributed by atoms with Crippen molar-refractivity contribution >= 4 is 21.6 Å². The Morgan fingerprint density at radius 3 is 2.43 bits per heavy atom. The zero-order chi connectivity index (χ0) is 15.6. The molecule has 118 valence electrons. The van der Waals surface area contributed by atoms with E-state index in [9.17, 15) is 12.8 Å². The normalized spacial score (nSPS) is 21.2. The Bertz CT molecular complexity index is 595. The summed E-state index contributed by atoms with van der Waals surface area (Å²) in [5.41, 5.74) is 0.898. The van der Waals surface area contributed by atoms with Crippen LogP contribution in [-0.2, 0) is 10.0 Å². The van der Waals surface area contributed by atoms with Crippen molar-refractivity contribution in [3.8, 4) is 0 Å². The minimum Gasteiger partial charge on any atom is -0.207 e. The second kappa shape index (κ2) is 6.63. The predicted octanol–water partition coefficient (Wildman–Crippen LogP) is 3.61. The fraction of sp³-hybridized carbons (Fsp3) is 0.600. The van der Waals surface area contributed by atoms with Crippen LogP contribution < -0.4 is 0 Å². The lowest BCUT2D eigenvalue weighted by Gasteiger charge is -2.29. The SMILES string of the molecule is Cc1cc(F)cc(C)c1S(=O)(=O)N1CCCCCC1CCl. The number of sulfonamides is 1. The monoisotopic (exact) mass is 333 g/mol. The molecule has 2 rings (SSSR count). The Labute approximate surface area is 131 Å². The van der Waals surface area contributed by atoms with Gasteiger partial charge < -0.3 is 0 Å². The first-order valence-corrected chi connectivity index (χ1v) is 9.20. The van der Waals surface area contributed by atoms with Gasteiger partial charge in [0, 0.05) is 18.5 Å². The molecule has 0 amide bonds. The number of benzene rings is 1. The number of hydrogen-bond donors (Lipinski definition) is 0. The van der Waals surface area contributed by atoms with Crippen LogP contribution in [0.1, 0.15) is 36.8 Å². The Balaban J connectivity index is 2.50. The highest BCUT2D eigenvalue weighted by molar-refractivity contribution is 7.89. The first kappa shape index (κ1) is 16.7. The van der Waals surface area contributed by atoms with E-state index in [1.165, 1.54) is 16.4 Å². The average molecular weight is 334 g/mol. The van der Waals surface area contributed by atoms with E-state index in [0.29, 0.717) is 23.6 Å². The molecule has 0 spiro atoms. The Hall–Kier alpha value is -0.650. The van der Waals surface area contributed by atoms with E-state index >= 15 is 0 Å². The summed E-state index contributed by atoms with van der Waals surface area (Å²) in [6.45, 7) is 3.75. The zero-order valence-electron chi connectivity index (χ0n) is 12.4. The molecule has 3 nitrogen and oxygen atoms in total. The molecule has 0 aliphatic carbocycles. The molecule has 0 saturated carbocycles. The molecule has 0 N–H and O–H groups in total. The minimum atomic E-state index is -3.64. The Morgan fingerprint density at radius 1 is 1.24 bits per heavy atom. The van der Waals surface area contributed by atoms with E-state index in [2.05, 4.69) is 0 Å². The van der Waals surface area contributed by atoms with E-state index in [-0.39, 0.29) is 10.9 Å². The number of aryl methyl sites for hydroxylation is 2. The molecule has 1 atom stereocenters. The molecule has 1 aromatic carbocycles. The summed E-state index contributed by atoms with van der Waals surface area (Å²) in [7, 11) is -3.64. The second-order valence-electron chi connectivity index (χ2n) is 5.64. The molecular formula is C15H21ClFNO2S. The van der Waals surface area contributed by atoms with Gasteiger partial charge in [0.25, 0.3) is 0 Å². The van der Waals surface area contributed by atoms with Crippen LogP contribution in [0.25, 0.3) is 0 Å². The topological polar surface area (TPSA) is 37.4 Å². The fourth-order valence-electron chi connectivity index (χ4n) is 3.04. The third-order valence-electron chi connectivity index (χ3n) is 3.99. The van der Waals surface area contributed by atoms with Gasteiger partial charge in [-0.1, -0.05) is 12.8 Å². The van der Waals surface area contributed by atoms with Gasteiger partial charge in [0.2, 0.25) is 10.0 Å². The molecular weight excluding hydrogens is 313 g/mol. The van der Waals surface area contributed by atoms with Crippen LogP contribution in [0.3, 0.4) is 0 Å². The summed E-state index contributed by atoms with van der Waals surface area (Å²) in [4.78, 5) is 0.223. The molecule has 1 fully saturated rings. The number of rotatable bonds is 3. The van der Waals surface area contributed by atoms with Gasteiger partial charge in [-0.25, -0.2) is 12.8 Å². The van der Waals surface area contributed by atoms with E-state index < -0.39 is 15.8 Å². The summed E-state index contributed by atoms with van der Waals surface area (Å²) >= 11 is 5.98. The molecule has 6 heteroatoms. The van der Waals surface area contributed by atoms with Gasteiger partial charge in [-0.05, 0) is 49.9 Å². The Morgan fingerprint density at radius 2 is 1.86 bits per heavy atom. The van der Waals surface area contributed by atoms with Crippen molar-refractivity contribution in [1.29, 1.82) is 0 Å². The van der Waals surface area contributed by atoms with Gasteiger partial charge in [0.1, 0.15) is 5.82 Å². The van der Waals surface area contributed by atoms with Gasteiger partial charge in [0.15, 0.2) is 0 Å². The van der Waals surface area contributed by atoms with Crippen LogP contribution >= 0.6 is 11.6 Å². The van der Waals surface area contributed by atoms with Gasteiger partial charge >= 0.3 is 0 Å². The maximum absolute atomic E-state index is 13.4. The zero-order valence-corrected chi connectivity index (χ0v) is 14.0. The highest BCUT2D eigenvalue weighted by Crippen LogP contribution is 2.29. The van der Waals surface area contributed by atoms with Crippen molar-refractivity contribution in [2.45, 2.75) is 50.5 Å². The lowest BCUT2D eigenvalue weighted by molar-refractivity contribution is 0.344. The number of alkyl halides is 1. The second-order valence-corrected chi connectivity index (χ2v) is 7.78. The molecule has 0 aromatic heterocycles. The maximum Gasteiger partial charge on any atom is 0.243 e. The van der Waals surface area contributed by atoms with Crippen molar-refractivity contribution in [3.63, 3.8) is 0 Å². The van der Waals surface area contributed by atoms with Gasteiger partial charge in [-0.2, -0.15) is 4.31 Å². The van der Waals surface area contributed by atoms with Crippen LogP contribution in [0, 0.1) is 19.7 Å².